The van der Waals surface area contributed by atoms with Gasteiger partial charge in [0.1, 0.15) is 23.2 Å². The first-order valence-electron chi connectivity index (χ1n) is 7.23. The molecule has 0 radical (unpaired) electrons. The molecule has 2 rings (SSSR count). The molecule has 4 nitrogen and oxygen atoms in total. The maximum Gasteiger partial charge on any atom is 0.129 e. The lowest BCUT2D eigenvalue weighted by molar-refractivity contribution is -0.0799. The van der Waals surface area contributed by atoms with Crippen LogP contribution < -0.4 is 9.47 Å². The van der Waals surface area contributed by atoms with Crippen LogP contribution in [0.1, 0.15) is 39.4 Å². The van der Waals surface area contributed by atoms with E-state index in [1.165, 1.54) is 0 Å². The number of methoxy groups -OCH3 is 1. The normalized spacial score (nSPS) is 24.1. The van der Waals surface area contributed by atoms with Crippen molar-refractivity contribution in [2.24, 2.45) is 0 Å². The van der Waals surface area contributed by atoms with Crippen LogP contribution in [0, 0.1) is 0 Å². The standard InChI is InChI=1S/C16H25NO3/c1-6-17(7-2)15-14(18)12-9-8-11(19-5)10-13(12)20-16(15,3)4/h8-10,14-15,18H,6-7H2,1-5H3. The van der Waals surface area contributed by atoms with Crippen molar-refractivity contribution < 1.29 is 14.6 Å². The summed E-state index contributed by atoms with van der Waals surface area (Å²) < 4.78 is 11.4. The van der Waals surface area contributed by atoms with Crippen LogP contribution in [0.3, 0.4) is 0 Å². The van der Waals surface area contributed by atoms with E-state index in [0.717, 1.165) is 24.4 Å². The molecule has 0 saturated carbocycles. The molecule has 1 aromatic carbocycles. The number of rotatable bonds is 4. The number of likely N-dealkylation sites (N-methyl/N-ethyl adjacent to an activating group) is 1. The molecule has 4 heteroatoms. The van der Waals surface area contributed by atoms with Crippen molar-refractivity contribution in [1.82, 2.24) is 4.90 Å². The zero-order valence-corrected chi connectivity index (χ0v) is 13.0. The molecule has 1 heterocycles. The molecule has 0 aliphatic carbocycles. The van der Waals surface area contributed by atoms with E-state index >= 15 is 0 Å². The Morgan fingerprint density at radius 1 is 1.30 bits per heavy atom. The lowest BCUT2D eigenvalue weighted by atomic mass is 9.85. The van der Waals surface area contributed by atoms with Gasteiger partial charge in [-0.1, -0.05) is 13.8 Å². The minimum absolute atomic E-state index is 0.0570. The topological polar surface area (TPSA) is 41.9 Å². The molecule has 0 bridgehead atoms. The van der Waals surface area contributed by atoms with Gasteiger partial charge in [-0.05, 0) is 39.1 Å². The summed E-state index contributed by atoms with van der Waals surface area (Å²) in [6, 6.07) is 5.55. The summed E-state index contributed by atoms with van der Waals surface area (Å²) in [5.74, 6) is 1.46. The third kappa shape index (κ3) is 2.50. The average molecular weight is 279 g/mol. The van der Waals surface area contributed by atoms with Crippen molar-refractivity contribution in [1.29, 1.82) is 0 Å². The van der Waals surface area contributed by atoms with Gasteiger partial charge in [0.2, 0.25) is 0 Å². The van der Waals surface area contributed by atoms with Gasteiger partial charge in [-0.15, -0.1) is 0 Å². The van der Waals surface area contributed by atoms with Crippen LogP contribution in [0.4, 0.5) is 0 Å². The van der Waals surface area contributed by atoms with Gasteiger partial charge in [-0.25, -0.2) is 0 Å². The molecule has 0 aromatic heterocycles. The molecule has 2 unspecified atom stereocenters. The van der Waals surface area contributed by atoms with Crippen molar-refractivity contribution in [3.05, 3.63) is 23.8 Å². The Bertz CT molecular complexity index is 469. The average Bonchev–Trinajstić information content (AvgIpc) is 2.42. The van der Waals surface area contributed by atoms with Gasteiger partial charge >= 0.3 is 0 Å². The third-order valence-electron chi connectivity index (χ3n) is 4.13. The molecule has 0 fully saturated rings. The number of benzene rings is 1. The number of hydrogen-bond donors (Lipinski definition) is 1. The van der Waals surface area contributed by atoms with Gasteiger partial charge in [0.25, 0.3) is 0 Å². The first kappa shape index (κ1) is 15.1. The summed E-state index contributed by atoms with van der Waals surface area (Å²) in [6.45, 7) is 10.0. The molecule has 0 spiro atoms. The number of aliphatic hydroxyl groups is 1. The van der Waals surface area contributed by atoms with Crippen LogP contribution in [0.2, 0.25) is 0 Å². The number of fused-ring (bicyclic) bond motifs is 1. The molecule has 1 aromatic rings. The Balaban J connectivity index is 2.43. The summed E-state index contributed by atoms with van der Waals surface area (Å²) in [6.07, 6.45) is -0.556. The Kier molecular flexibility index (Phi) is 4.25. The van der Waals surface area contributed by atoms with E-state index in [-0.39, 0.29) is 6.04 Å². The van der Waals surface area contributed by atoms with E-state index in [1.807, 2.05) is 32.0 Å². The van der Waals surface area contributed by atoms with Crippen molar-refractivity contribution in [3.63, 3.8) is 0 Å². The smallest absolute Gasteiger partial charge is 0.129 e. The van der Waals surface area contributed by atoms with Crippen molar-refractivity contribution in [2.75, 3.05) is 20.2 Å². The highest BCUT2D eigenvalue weighted by Gasteiger charge is 2.45. The summed E-state index contributed by atoms with van der Waals surface area (Å²) in [5.41, 5.74) is 0.382. The van der Waals surface area contributed by atoms with Crippen LogP contribution in [-0.2, 0) is 0 Å². The molecular formula is C16H25NO3. The largest absolute Gasteiger partial charge is 0.497 e. The van der Waals surface area contributed by atoms with Crippen LogP contribution in [0.15, 0.2) is 18.2 Å². The van der Waals surface area contributed by atoms with Crippen LogP contribution in [0.5, 0.6) is 11.5 Å². The van der Waals surface area contributed by atoms with Crippen molar-refractivity contribution in [2.45, 2.75) is 45.4 Å². The number of aliphatic hydroxyl groups excluding tert-OH is 1. The molecular weight excluding hydrogens is 254 g/mol. The second-order valence-electron chi connectivity index (χ2n) is 5.72. The molecule has 20 heavy (non-hydrogen) atoms. The fourth-order valence-electron chi connectivity index (χ4n) is 3.12. The second kappa shape index (κ2) is 5.62. The fourth-order valence-corrected chi connectivity index (χ4v) is 3.12. The Labute approximate surface area is 121 Å². The monoisotopic (exact) mass is 279 g/mol. The predicted octanol–water partition coefficient (Wildman–Crippen LogP) is 2.61. The highest BCUT2D eigenvalue weighted by Crippen LogP contribution is 2.43. The molecule has 1 N–H and O–H groups in total. The highest BCUT2D eigenvalue weighted by molar-refractivity contribution is 5.45. The maximum absolute atomic E-state index is 10.8. The Hall–Kier alpha value is -1.26. The molecule has 112 valence electrons. The quantitative estimate of drug-likeness (QED) is 0.920. The SMILES string of the molecule is CCN(CC)C1C(O)c2ccc(OC)cc2OC1(C)C. The van der Waals surface area contributed by atoms with E-state index in [0.29, 0.717) is 5.75 Å². The maximum atomic E-state index is 10.8. The van der Waals surface area contributed by atoms with E-state index in [1.54, 1.807) is 7.11 Å². The van der Waals surface area contributed by atoms with Gasteiger partial charge in [-0.3, -0.25) is 4.90 Å². The first-order valence-corrected chi connectivity index (χ1v) is 7.23. The van der Waals surface area contributed by atoms with Crippen LogP contribution >= 0.6 is 0 Å². The molecule has 2 atom stereocenters. The van der Waals surface area contributed by atoms with Crippen molar-refractivity contribution >= 4 is 0 Å². The van der Waals surface area contributed by atoms with E-state index < -0.39 is 11.7 Å². The zero-order chi connectivity index (χ0) is 14.9. The molecule has 1 aliphatic rings. The number of hydrogen-bond acceptors (Lipinski definition) is 4. The van der Waals surface area contributed by atoms with E-state index in [2.05, 4.69) is 18.7 Å². The summed E-state index contributed by atoms with van der Waals surface area (Å²) in [4.78, 5) is 2.25. The molecule has 0 amide bonds. The first-order chi connectivity index (χ1) is 9.44. The van der Waals surface area contributed by atoms with Crippen molar-refractivity contribution in [3.8, 4) is 11.5 Å². The van der Waals surface area contributed by atoms with Gasteiger partial charge < -0.3 is 14.6 Å². The lowest BCUT2D eigenvalue weighted by Gasteiger charge is -2.47. The highest BCUT2D eigenvalue weighted by atomic mass is 16.5. The van der Waals surface area contributed by atoms with E-state index in [4.69, 9.17) is 9.47 Å². The molecule has 0 saturated heterocycles. The summed E-state index contributed by atoms with van der Waals surface area (Å²) in [5, 5.41) is 10.8. The minimum Gasteiger partial charge on any atom is -0.497 e. The lowest BCUT2D eigenvalue weighted by Crippen LogP contribution is -2.57. The van der Waals surface area contributed by atoms with Gasteiger partial charge in [0.15, 0.2) is 0 Å². The van der Waals surface area contributed by atoms with E-state index in [9.17, 15) is 5.11 Å². The summed E-state index contributed by atoms with van der Waals surface area (Å²) in [7, 11) is 1.63. The number of ether oxygens (including phenoxy) is 2. The van der Waals surface area contributed by atoms with Gasteiger partial charge in [0.05, 0.1) is 13.2 Å². The fraction of sp³-hybridized carbons (Fsp3) is 0.625. The Morgan fingerprint density at radius 3 is 2.50 bits per heavy atom. The summed E-state index contributed by atoms with van der Waals surface area (Å²) >= 11 is 0. The third-order valence-corrected chi connectivity index (χ3v) is 4.13. The second-order valence-corrected chi connectivity index (χ2v) is 5.72. The molecule has 1 aliphatic heterocycles. The van der Waals surface area contributed by atoms with Gasteiger partial charge in [-0.2, -0.15) is 0 Å². The predicted molar refractivity (Wildman–Crippen MR) is 79.4 cm³/mol. The zero-order valence-electron chi connectivity index (χ0n) is 13.0. The van der Waals surface area contributed by atoms with Gasteiger partial charge in [0, 0.05) is 11.6 Å². The minimum atomic E-state index is -0.556. The Morgan fingerprint density at radius 2 is 1.95 bits per heavy atom. The number of nitrogens with zero attached hydrogens (tertiary/aromatic N) is 1. The van der Waals surface area contributed by atoms with Crippen LogP contribution in [0.25, 0.3) is 0 Å². The van der Waals surface area contributed by atoms with Crippen LogP contribution in [-0.4, -0.2) is 41.8 Å².